The molecule has 0 unspecified atom stereocenters. The Kier molecular flexibility index (Phi) is 4.07. The molecule has 86 valence electrons. The van der Waals surface area contributed by atoms with Gasteiger partial charge in [-0.15, -0.1) is 0 Å². The fourth-order valence-electron chi connectivity index (χ4n) is 2.91. The Hall–Kier alpha value is -0.500. The minimum atomic E-state index is 0.888. The van der Waals surface area contributed by atoms with E-state index in [0.717, 1.165) is 6.04 Å². The van der Waals surface area contributed by atoms with Crippen LogP contribution < -0.4 is 0 Å². The normalized spacial score (nSPS) is 26.3. The molecule has 0 radical (unpaired) electrons. The molecule has 1 aliphatic carbocycles. The van der Waals surface area contributed by atoms with Gasteiger partial charge in [0.15, 0.2) is 0 Å². The molecule has 0 aromatic carbocycles. The van der Waals surface area contributed by atoms with Crippen molar-refractivity contribution in [1.29, 1.82) is 0 Å². The summed E-state index contributed by atoms with van der Waals surface area (Å²) in [5, 5.41) is 0. The Morgan fingerprint density at radius 2 is 1.47 bits per heavy atom. The molecular weight excluding hydrogens is 184 g/mol. The summed E-state index contributed by atoms with van der Waals surface area (Å²) >= 11 is 0. The van der Waals surface area contributed by atoms with E-state index < -0.39 is 0 Å². The van der Waals surface area contributed by atoms with Crippen molar-refractivity contribution in [3.8, 4) is 0 Å². The largest absolute Gasteiger partial charge is 0.375 e. The zero-order valence-electron chi connectivity index (χ0n) is 9.83. The summed E-state index contributed by atoms with van der Waals surface area (Å²) in [6, 6.07) is 0.888. The van der Waals surface area contributed by atoms with Gasteiger partial charge in [0, 0.05) is 32.2 Å². The predicted octanol–water partition coefficient (Wildman–Crippen LogP) is 2.47. The monoisotopic (exact) mass is 208 g/mol. The molecule has 2 fully saturated rings. The second-order valence-corrected chi connectivity index (χ2v) is 4.90. The topological polar surface area (TPSA) is 6.48 Å². The maximum absolute atomic E-state index is 3.84. The van der Waals surface area contributed by atoms with Crippen LogP contribution in [0.25, 0.3) is 0 Å². The van der Waals surface area contributed by atoms with Crippen LogP contribution in [-0.4, -0.2) is 42.0 Å². The van der Waals surface area contributed by atoms with Crippen molar-refractivity contribution in [2.45, 2.75) is 44.6 Å². The quantitative estimate of drug-likeness (QED) is 0.643. The second-order valence-electron chi connectivity index (χ2n) is 4.90. The van der Waals surface area contributed by atoms with E-state index in [1.807, 2.05) is 6.20 Å². The van der Waals surface area contributed by atoms with Crippen molar-refractivity contribution in [2.75, 3.05) is 26.2 Å². The first-order valence-corrected chi connectivity index (χ1v) is 6.51. The number of rotatable bonds is 2. The van der Waals surface area contributed by atoms with Gasteiger partial charge in [0.1, 0.15) is 0 Å². The summed E-state index contributed by atoms with van der Waals surface area (Å²) < 4.78 is 0. The van der Waals surface area contributed by atoms with E-state index >= 15 is 0 Å². The third-order valence-corrected chi connectivity index (χ3v) is 3.95. The fourth-order valence-corrected chi connectivity index (χ4v) is 2.91. The van der Waals surface area contributed by atoms with E-state index in [1.165, 1.54) is 64.7 Å². The standard InChI is InChI=1S/C13H24N2/c1-2-14-9-11-15(12-10-14)13-7-5-3-4-6-8-13/h2,13H,1,3-12H2. The van der Waals surface area contributed by atoms with Gasteiger partial charge in [-0.1, -0.05) is 32.3 Å². The van der Waals surface area contributed by atoms with E-state index in [4.69, 9.17) is 0 Å². The smallest absolute Gasteiger partial charge is 0.0300 e. The lowest BCUT2D eigenvalue weighted by atomic mass is 10.1. The molecule has 15 heavy (non-hydrogen) atoms. The van der Waals surface area contributed by atoms with Gasteiger partial charge in [0.2, 0.25) is 0 Å². The van der Waals surface area contributed by atoms with Gasteiger partial charge in [-0.2, -0.15) is 0 Å². The molecule has 0 atom stereocenters. The molecule has 1 aliphatic heterocycles. The molecule has 0 spiro atoms. The van der Waals surface area contributed by atoms with Crippen LogP contribution in [0.2, 0.25) is 0 Å². The highest BCUT2D eigenvalue weighted by Gasteiger charge is 2.22. The Bertz CT molecular complexity index is 187. The van der Waals surface area contributed by atoms with Gasteiger partial charge in [0.05, 0.1) is 0 Å². The minimum absolute atomic E-state index is 0.888. The molecule has 0 N–H and O–H groups in total. The molecule has 1 saturated carbocycles. The molecule has 0 amide bonds. The Morgan fingerprint density at radius 1 is 0.867 bits per heavy atom. The fraction of sp³-hybridized carbons (Fsp3) is 0.846. The first-order chi connectivity index (χ1) is 7.40. The zero-order chi connectivity index (χ0) is 10.5. The Morgan fingerprint density at radius 3 is 2.00 bits per heavy atom. The Balaban J connectivity index is 1.80. The lowest BCUT2D eigenvalue weighted by molar-refractivity contribution is 0.113. The zero-order valence-corrected chi connectivity index (χ0v) is 9.83. The van der Waals surface area contributed by atoms with E-state index in [2.05, 4.69) is 16.4 Å². The maximum Gasteiger partial charge on any atom is 0.0300 e. The SMILES string of the molecule is C=CN1CCN(C2CCCCCC2)CC1. The average Bonchev–Trinajstić information content (AvgIpc) is 2.58. The van der Waals surface area contributed by atoms with E-state index in [9.17, 15) is 0 Å². The number of hydrogen-bond acceptors (Lipinski definition) is 2. The molecule has 2 heteroatoms. The van der Waals surface area contributed by atoms with E-state index in [1.54, 1.807) is 0 Å². The molecule has 0 bridgehead atoms. The molecular formula is C13H24N2. The van der Waals surface area contributed by atoms with Crippen LogP contribution in [0.3, 0.4) is 0 Å². The minimum Gasteiger partial charge on any atom is -0.375 e. The molecule has 1 saturated heterocycles. The summed E-state index contributed by atoms with van der Waals surface area (Å²) in [7, 11) is 0. The second kappa shape index (κ2) is 5.55. The number of nitrogens with zero attached hydrogens (tertiary/aromatic N) is 2. The van der Waals surface area contributed by atoms with Crippen molar-refractivity contribution in [3.05, 3.63) is 12.8 Å². The van der Waals surface area contributed by atoms with E-state index in [-0.39, 0.29) is 0 Å². The third kappa shape index (κ3) is 2.97. The summed E-state index contributed by atoms with van der Waals surface area (Å²) in [5.41, 5.74) is 0. The van der Waals surface area contributed by atoms with Crippen LogP contribution in [0, 0.1) is 0 Å². The average molecular weight is 208 g/mol. The first kappa shape index (κ1) is 11.0. The van der Waals surface area contributed by atoms with Crippen LogP contribution >= 0.6 is 0 Å². The predicted molar refractivity (Wildman–Crippen MR) is 64.8 cm³/mol. The van der Waals surface area contributed by atoms with Crippen molar-refractivity contribution < 1.29 is 0 Å². The molecule has 2 nitrogen and oxygen atoms in total. The van der Waals surface area contributed by atoms with Crippen LogP contribution in [0.15, 0.2) is 12.8 Å². The highest BCUT2D eigenvalue weighted by molar-refractivity contribution is 4.83. The summed E-state index contributed by atoms with van der Waals surface area (Å²) in [5.74, 6) is 0. The van der Waals surface area contributed by atoms with Crippen molar-refractivity contribution in [3.63, 3.8) is 0 Å². The van der Waals surface area contributed by atoms with Crippen molar-refractivity contribution >= 4 is 0 Å². The van der Waals surface area contributed by atoms with Crippen molar-refractivity contribution in [2.24, 2.45) is 0 Å². The summed E-state index contributed by atoms with van der Waals surface area (Å²) in [6.45, 7) is 8.70. The molecule has 0 aromatic heterocycles. The molecule has 0 aromatic rings. The number of piperazine rings is 1. The van der Waals surface area contributed by atoms with Gasteiger partial charge in [-0.3, -0.25) is 4.90 Å². The van der Waals surface area contributed by atoms with Crippen LogP contribution in [0.5, 0.6) is 0 Å². The highest BCUT2D eigenvalue weighted by atomic mass is 15.3. The molecule has 2 aliphatic rings. The molecule has 1 heterocycles. The van der Waals surface area contributed by atoms with Gasteiger partial charge in [-0.25, -0.2) is 0 Å². The van der Waals surface area contributed by atoms with Gasteiger partial charge < -0.3 is 4.90 Å². The van der Waals surface area contributed by atoms with Crippen LogP contribution in [0.4, 0.5) is 0 Å². The maximum atomic E-state index is 3.84. The third-order valence-electron chi connectivity index (χ3n) is 3.95. The number of hydrogen-bond donors (Lipinski definition) is 0. The molecule has 2 rings (SSSR count). The van der Waals surface area contributed by atoms with E-state index in [0.29, 0.717) is 0 Å². The lowest BCUT2D eigenvalue weighted by Gasteiger charge is -2.38. The van der Waals surface area contributed by atoms with Crippen molar-refractivity contribution in [1.82, 2.24) is 9.80 Å². The highest BCUT2D eigenvalue weighted by Crippen LogP contribution is 2.22. The first-order valence-electron chi connectivity index (χ1n) is 6.51. The van der Waals surface area contributed by atoms with Gasteiger partial charge in [0.25, 0.3) is 0 Å². The van der Waals surface area contributed by atoms with Gasteiger partial charge >= 0.3 is 0 Å². The van der Waals surface area contributed by atoms with Gasteiger partial charge in [-0.05, 0) is 19.0 Å². The van der Waals surface area contributed by atoms with Crippen LogP contribution in [0.1, 0.15) is 38.5 Å². The Labute approximate surface area is 93.9 Å². The summed E-state index contributed by atoms with van der Waals surface area (Å²) in [6.07, 6.45) is 10.7. The van der Waals surface area contributed by atoms with Crippen LogP contribution in [-0.2, 0) is 0 Å². The summed E-state index contributed by atoms with van der Waals surface area (Å²) in [4.78, 5) is 5.05. The lowest BCUT2D eigenvalue weighted by Crippen LogP contribution is -2.48.